The van der Waals surface area contributed by atoms with Crippen LogP contribution in [0.15, 0.2) is 15.9 Å². The molecule has 0 aromatic carbocycles. The van der Waals surface area contributed by atoms with Crippen molar-refractivity contribution < 1.29 is 14.6 Å². The van der Waals surface area contributed by atoms with Crippen LogP contribution in [0.1, 0.15) is 9.67 Å². The molecule has 1 heterocycles. The van der Waals surface area contributed by atoms with Crippen LogP contribution in [0, 0.1) is 0 Å². The second-order valence-electron chi connectivity index (χ2n) is 2.69. The molecule has 6 heteroatoms. The average Bonchev–Trinajstić information content (AvgIpc) is 2.64. The van der Waals surface area contributed by atoms with Crippen molar-refractivity contribution in [2.45, 2.75) is 0 Å². The lowest BCUT2D eigenvalue weighted by Gasteiger charge is -2.04. The number of halogens is 1. The van der Waals surface area contributed by atoms with E-state index in [1.807, 2.05) is 11.4 Å². The molecule has 2 N–H and O–H groups in total. The Kier molecular flexibility index (Phi) is 5.85. The molecule has 0 radical (unpaired) electrons. The number of carbonyl (C=O) groups excluding carboxylic acids is 1. The molecular weight excluding hydrogens is 282 g/mol. The van der Waals surface area contributed by atoms with E-state index < -0.39 is 0 Å². The molecule has 0 unspecified atom stereocenters. The fraction of sp³-hybridized carbons (Fsp3) is 0.444. The normalized spacial score (nSPS) is 10.3. The predicted molar refractivity (Wildman–Crippen MR) is 62.3 cm³/mol. The molecule has 1 rings (SSSR count). The Bertz CT molecular complexity index is 316. The van der Waals surface area contributed by atoms with Crippen molar-refractivity contribution in [1.82, 2.24) is 5.32 Å². The number of hydrogen-bond acceptors (Lipinski definition) is 4. The third-order valence-electron chi connectivity index (χ3n) is 1.59. The Labute approximate surface area is 100 Å². The van der Waals surface area contributed by atoms with Crippen LogP contribution in [0.3, 0.4) is 0 Å². The predicted octanol–water partition coefficient (Wildman–Crippen LogP) is 1.25. The van der Waals surface area contributed by atoms with Gasteiger partial charge in [-0.1, -0.05) is 0 Å². The third-order valence-corrected chi connectivity index (χ3v) is 3.43. The van der Waals surface area contributed by atoms with Crippen molar-refractivity contribution >= 4 is 33.2 Å². The molecule has 0 saturated carbocycles. The van der Waals surface area contributed by atoms with Crippen molar-refractivity contribution in [2.75, 3.05) is 26.4 Å². The van der Waals surface area contributed by atoms with Crippen LogP contribution in [0.2, 0.25) is 0 Å². The van der Waals surface area contributed by atoms with Gasteiger partial charge in [0.05, 0.1) is 19.8 Å². The molecule has 4 nitrogen and oxygen atoms in total. The van der Waals surface area contributed by atoms with Gasteiger partial charge < -0.3 is 15.2 Å². The van der Waals surface area contributed by atoms with Gasteiger partial charge in [-0.2, -0.15) is 0 Å². The summed E-state index contributed by atoms with van der Waals surface area (Å²) in [6, 6.07) is 1.84. The second-order valence-corrected chi connectivity index (χ2v) is 4.46. The number of aliphatic hydroxyl groups is 1. The maximum atomic E-state index is 11.5. The summed E-state index contributed by atoms with van der Waals surface area (Å²) in [6.45, 7) is 1.17. The van der Waals surface area contributed by atoms with E-state index in [2.05, 4.69) is 21.2 Å². The van der Waals surface area contributed by atoms with Gasteiger partial charge in [0.15, 0.2) is 0 Å². The summed E-state index contributed by atoms with van der Waals surface area (Å²) in [5.41, 5.74) is 0. The van der Waals surface area contributed by atoms with E-state index in [-0.39, 0.29) is 12.5 Å². The van der Waals surface area contributed by atoms with E-state index in [1.54, 1.807) is 0 Å². The minimum atomic E-state index is -0.107. The number of carbonyl (C=O) groups is 1. The molecule has 0 aliphatic rings. The topological polar surface area (TPSA) is 58.6 Å². The van der Waals surface area contributed by atoms with Gasteiger partial charge in [0.25, 0.3) is 5.91 Å². The van der Waals surface area contributed by atoms with Gasteiger partial charge in [-0.05, 0) is 27.4 Å². The van der Waals surface area contributed by atoms with Crippen molar-refractivity contribution in [3.05, 3.63) is 20.8 Å². The number of hydrogen-bond donors (Lipinski definition) is 2. The zero-order valence-corrected chi connectivity index (χ0v) is 10.4. The largest absolute Gasteiger partial charge is 0.394 e. The second kappa shape index (κ2) is 6.95. The Morgan fingerprint density at radius 3 is 3.00 bits per heavy atom. The van der Waals surface area contributed by atoms with Gasteiger partial charge in [-0.25, -0.2) is 0 Å². The van der Waals surface area contributed by atoms with Crippen LogP contribution in [-0.4, -0.2) is 37.4 Å². The number of ether oxygens (including phenoxy) is 1. The molecule has 1 aromatic rings. The summed E-state index contributed by atoms with van der Waals surface area (Å²) in [7, 11) is 0. The number of thiophene rings is 1. The summed E-state index contributed by atoms with van der Waals surface area (Å²) < 4.78 is 5.81. The van der Waals surface area contributed by atoms with Crippen LogP contribution in [0.4, 0.5) is 0 Å². The van der Waals surface area contributed by atoms with Gasteiger partial charge in [0.1, 0.15) is 4.88 Å². The van der Waals surface area contributed by atoms with E-state index >= 15 is 0 Å². The molecule has 1 amide bonds. The fourth-order valence-electron chi connectivity index (χ4n) is 0.939. The van der Waals surface area contributed by atoms with Crippen molar-refractivity contribution in [2.24, 2.45) is 0 Å². The van der Waals surface area contributed by atoms with Gasteiger partial charge in [-0.3, -0.25) is 4.79 Å². The van der Waals surface area contributed by atoms with E-state index in [1.165, 1.54) is 11.3 Å². The Balaban J connectivity index is 2.22. The first-order chi connectivity index (χ1) is 7.25. The van der Waals surface area contributed by atoms with Crippen LogP contribution in [-0.2, 0) is 4.74 Å². The summed E-state index contributed by atoms with van der Waals surface area (Å²) >= 11 is 4.67. The minimum absolute atomic E-state index is 0.00438. The summed E-state index contributed by atoms with van der Waals surface area (Å²) in [5, 5.41) is 13.0. The summed E-state index contributed by atoms with van der Waals surface area (Å²) in [6.07, 6.45) is 0. The number of rotatable bonds is 6. The van der Waals surface area contributed by atoms with E-state index in [9.17, 15) is 4.79 Å². The standard InChI is InChI=1S/C9H12BrNO3S/c10-7-1-6-15-8(7)9(13)11-2-4-14-5-3-12/h1,6,12H,2-5H2,(H,11,13). The highest BCUT2D eigenvalue weighted by Crippen LogP contribution is 2.21. The number of nitrogens with one attached hydrogen (secondary N) is 1. The van der Waals surface area contributed by atoms with Crippen molar-refractivity contribution in [3.8, 4) is 0 Å². The third kappa shape index (κ3) is 4.29. The number of aliphatic hydroxyl groups excluding tert-OH is 1. The smallest absolute Gasteiger partial charge is 0.262 e. The van der Waals surface area contributed by atoms with Gasteiger partial charge in [0, 0.05) is 11.0 Å². The minimum Gasteiger partial charge on any atom is -0.394 e. The molecule has 0 saturated heterocycles. The zero-order chi connectivity index (χ0) is 11.1. The fourth-order valence-corrected chi connectivity index (χ4v) is 2.41. The first kappa shape index (κ1) is 12.6. The molecule has 0 aliphatic heterocycles. The van der Waals surface area contributed by atoms with Gasteiger partial charge in [-0.15, -0.1) is 11.3 Å². The lowest BCUT2D eigenvalue weighted by atomic mass is 10.4. The van der Waals surface area contributed by atoms with Crippen LogP contribution in [0.25, 0.3) is 0 Å². The number of amides is 1. The van der Waals surface area contributed by atoms with E-state index in [0.29, 0.717) is 24.6 Å². The molecule has 0 spiro atoms. The Hall–Kier alpha value is -0.430. The van der Waals surface area contributed by atoms with E-state index in [0.717, 1.165) is 4.47 Å². The quantitative estimate of drug-likeness (QED) is 0.776. The Morgan fingerprint density at radius 1 is 1.60 bits per heavy atom. The molecular formula is C9H12BrNO3S. The molecule has 0 bridgehead atoms. The molecule has 15 heavy (non-hydrogen) atoms. The highest BCUT2D eigenvalue weighted by Gasteiger charge is 2.09. The molecule has 0 fully saturated rings. The maximum Gasteiger partial charge on any atom is 0.262 e. The Morgan fingerprint density at radius 2 is 2.40 bits per heavy atom. The first-order valence-electron chi connectivity index (χ1n) is 4.45. The van der Waals surface area contributed by atoms with Crippen molar-refractivity contribution in [1.29, 1.82) is 0 Å². The summed E-state index contributed by atoms with van der Waals surface area (Å²) in [4.78, 5) is 12.2. The van der Waals surface area contributed by atoms with E-state index in [4.69, 9.17) is 9.84 Å². The lowest BCUT2D eigenvalue weighted by Crippen LogP contribution is -2.27. The van der Waals surface area contributed by atoms with Gasteiger partial charge in [0.2, 0.25) is 0 Å². The highest BCUT2D eigenvalue weighted by atomic mass is 79.9. The lowest BCUT2D eigenvalue weighted by molar-refractivity contribution is 0.0840. The highest BCUT2D eigenvalue weighted by molar-refractivity contribution is 9.10. The SMILES string of the molecule is O=C(NCCOCCO)c1sccc1Br. The molecule has 0 atom stereocenters. The van der Waals surface area contributed by atoms with Crippen molar-refractivity contribution in [3.63, 3.8) is 0 Å². The molecule has 1 aromatic heterocycles. The summed E-state index contributed by atoms with van der Waals surface area (Å²) in [5.74, 6) is -0.107. The zero-order valence-electron chi connectivity index (χ0n) is 8.03. The maximum absolute atomic E-state index is 11.5. The molecule has 84 valence electrons. The molecule has 0 aliphatic carbocycles. The van der Waals surface area contributed by atoms with Crippen LogP contribution in [0.5, 0.6) is 0 Å². The average molecular weight is 294 g/mol. The van der Waals surface area contributed by atoms with Crippen LogP contribution >= 0.6 is 27.3 Å². The van der Waals surface area contributed by atoms with Gasteiger partial charge >= 0.3 is 0 Å². The van der Waals surface area contributed by atoms with Crippen LogP contribution < -0.4 is 5.32 Å². The monoisotopic (exact) mass is 293 g/mol. The first-order valence-corrected chi connectivity index (χ1v) is 6.12.